The van der Waals surface area contributed by atoms with Crippen molar-refractivity contribution in [2.75, 3.05) is 12.4 Å². The van der Waals surface area contributed by atoms with E-state index in [2.05, 4.69) is 10.0 Å². The molecule has 16 heavy (non-hydrogen) atoms. The Kier molecular flexibility index (Phi) is 3.93. The Balaban J connectivity index is 3.19. The molecule has 0 fully saturated rings. The Bertz CT molecular complexity index is 467. The quantitative estimate of drug-likeness (QED) is 0.845. The maximum absolute atomic E-state index is 11.7. The summed E-state index contributed by atoms with van der Waals surface area (Å²) in [5, 5.41) is 3.18. The van der Waals surface area contributed by atoms with Gasteiger partial charge in [-0.3, -0.25) is 0 Å². The van der Waals surface area contributed by atoms with Crippen molar-refractivity contribution < 1.29 is 8.42 Å². The highest BCUT2D eigenvalue weighted by atomic mass is 32.2. The Hall–Kier alpha value is -1.07. The summed E-state index contributed by atoms with van der Waals surface area (Å²) in [5.74, 6) is 0. The van der Waals surface area contributed by atoms with Crippen LogP contribution in [-0.4, -0.2) is 21.5 Å². The van der Waals surface area contributed by atoms with Gasteiger partial charge in [-0.2, -0.15) is 0 Å². The van der Waals surface area contributed by atoms with Crippen LogP contribution in [0.2, 0.25) is 0 Å². The number of aryl methyl sites for hydroxylation is 1. The molecule has 4 nitrogen and oxygen atoms in total. The fourth-order valence-corrected chi connectivity index (χ4v) is 2.42. The number of sulfonamides is 1. The van der Waals surface area contributed by atoms with Gasteiger partial charge in [0, 0.05) is 11.7 Å². The van der Waals surface area contributed by atoms with Crippen molar-refractivity contribution in [3.05, 3.63) is 23.8 Å². The van der Waals surface area contributed by atoms with Crippen LogP contribution in [0.1, 0.15) is 19.4 Å². The van der Waals surface area contributed by atoms with Crippen LogP contribution in [0.4, 0.5) is 5.69 Å². The molecule has 1 rings (SSSR count). The first-order chi connectivity index (χ1) is 7.36. The number of benzene rings is 1. The highest BCUT2D eigenvalue weighted by Crippen LogP contribution is 2.20. The van der Waals surface area contributed by atoms with E-state index in [4.69, 9.17) is 0 Å². The van der Waals surface area contributed by atoms with Crippen LogP contribution in [0.5, 0.6) is 0 Å². The van der Waals surface area contributed by atoms with Gasteiger partial charge in [0.15, 0.2) is 0 Å². The number of hydrogen-bond acceptors (Lipinski definition) is 3. The van der Waals surface area contributed by atoms with Crippen LogP contribution in [0, 0.1) is 6.92 Å². The molecule has 0 aliphatic rings. The van der Waals surface area contributed by atoms with Gasteiger partial charge in [0.05, 0.1) is 4.90 Å². The van der Waals surface area contributed by atoms with Gasteiger partial charge in [0.2, 0.25) is 10.0 Å². The van der Waals surface area contributed by atoms with Gasteiger partial charge in [0.25, 0.3) is 0 Å². The second-order valence-electron chi connectivity index (χ2n) is 3.99. The third-order valence-electron chi connectivity index (χ3n) is 2.20. The number of anilines is 1. The molecule has 0 spiro atoms. The molecule has 0 aliphatic heterocycles. The molecule has 2 N–H and O–H groups in total. The summed E-state index contributed by atoms with van der Waals surface area (Å²) >= 11 is 0. The number of rotatable bonds is 4. The van der Waals surface area contributed by atoms with E-state index in [1.165, 1.54) is 7.05 Å². The lowest BCUT2D eigenvalue weighted by Gasteiger charge is -2.13. The average molecular weight is 242 g/mol. The molecule has 0 aliphatic carbocycles. The monoisotopic (exact) mass is 242 g/mol. The predicted octanol–water partition coefficient (Wildman–Crippen LogP) is 1.72. The fraction of sp³-hybridized carbons (Fsp3) is 0.455. The molecular formula is C11H18N2O2S. The maximum Gasteiger partial charge on any atom is 0.240 e. The number of nitrogens with one attached hydrogen (secondary N) is 2. The molecular weight excluding hydrogens is 224 g/mol. The van der Waals surface area contributed by atoms with Gasteiger partial charge in [0.1, 0.15) is 0 Å². The summed E-state index contributed by atoms with van der Waals surface area (Å²) in [6.45, 7) is 5.79. The van der Waals surface area contributed by atoms with E-state index in [0.717, 1.165) is 11.3 Å². The van der Waals surface area contributed by atoms with Crippen LogP contribution in [0.25, 0.3) is 0 Å². The van der Waals surface area contributed by atoms with Gasteiger partial charge in [-0.25, -0.2) is 13.1 Å². The minimum Gasteiger partial charge on any atom is -0.383 e. The first-order valence-electron chi connectivity index (χ1n) is 5.17. The van der Waals surface area contributed by atoms with E-state index in [1.54, 1.807) is 19.1 Å². The smallest absolute Gasteiger partial charge is 0.240 e. The van der Waals surface area contributed by atoms with E-state index in [0.29, 0.717) is 4.90 Å². The third-order valence-corrected chi connectivity index (χ3v) is 3.76. The summed E-state index contributed by atoms with van der Waals surface area (Å²) in [5.41, 5.74) is 1.55. The van der Waals surface area contributed by atoms with E-state index in [9.17, 15) is 8.42 Å². The largest absolute Gasteiger partial charge is 0.383 e. The van der Waals surface area contributed by atoms with Crippen LogP contribution in [-0.2, 0) is 10.0 Å². The molecule has 5 heteroatoms. The van der Waals surface area contributed by atoms with Gasteiger partial charge in [-0.15, -0.1) is 0 Å². The normalized spacial score (nSPS) is 11.8. The molecule has 90 valence electrons. The SMILES string of the molecule is CNS(=O)(=O)c1cc(NC(C)C)ccc1C. The van der Waals surface area contributed by atoms with E-state index < -0.39 is 10.0 Å². The lowest BCUT2D eigenvalue weighted by Crippen LogP contribution is -2.20. The summed E-state index contributed by atoms with van der Waals surface area (Å²) in [4.78, 5) is 0.320. The molecule has 0 radical (unpaired) electrons. The van der Waals surface area contributed by atoms with Gasteiger partial charge >= 0.3 is 0 Å². The number of hydrogen-bond donors (Lipinski definition) is 2. The molecule has 0 saturated heterocycles. The molecule has 0 atom stereocenters. The standard InChI is InChI=1S/C11H18N2O2S/c1-8(2)13-10-6-5-9(3)11(7-10)16(14,15)12-4/h5-8,12-13H,1-4H3. The second kappa shape index (κ2) is 4.84. The zero-order valence-electron chi connectivity index (χ0n) is 10.0. The Morgan fingerprint density at radius 2 is 1.88 bits per heavy atom. The second-order valence-corrected chi connectivity index (χ2v) is 5.84. The Labute approximate surface area is 97.1 Å². The van der Waals surface area contributed by atoms with Crippen molar-refractivity contribution >= 4 is 15.7 Å². The summed E-state index contributed by atoms with van der Waals surface area (Å²) < 4.78 is 25.8. The summed E-state index contributed by atoms with van der Waals surface area (Å²) in [6.07, 6.45) is 0. The van der Waals surface area contributed by atoms with E-state index in [1.807, 2.05) is 19.9 Å². The van der Waals surface area contributed by atoms with Crippen molar-refractivity contribution in [2.24, 2.45) is 0 Å². The van der Waals surface area contributed by atoms with E-state index >= 15 is 0 Å². The zero-order valence-corrected chi connectivity index (χ0v) is 10.9. The first kappa shape index (κ1) is 13.0. The minimum absolute atomic E-state index is 0.271. The molecule has 1 aromatic rings. The van der Waals surface area contributed by atoms with E-state index in [-0.39, 0.29) is 6.04 Å². The molecule has 1 aromatic carbocycles. The van der Waals surface area contributed by atoms with Crippen molar-refractivity contribution in [1.82, 2.24) is 4.72 Å². The van der Waals surface area contributed by atoms with Gasteiger partial charge in [-0.1, -0.05) is 6.07 Å². The maximum atomic E-state index is 11.7. The van der Waals surface area contributed by atoms with Crippen LogP contribution in [0.3, 0.4) is 0 Å². The Morgan fingerprint density at radius 1 is 1.25 bits per heavy atom. The molecule has 0 saturated carbocycles. The molecule has 0 bridgehead atoms. The summed E-state index contributed by atoms with van der Waals surface area (Å²) in [6, 6.07) is 5.60. The van der Waals surface area contributed by atoms with Crippen LogP contribution in [0.15, 0.2) is 23.1 Å². The van der Waals surface area contributed by atoms with Crippen molar-refractivity contribution in [1.29, 1.82) is 0 Å². The molecule has 0 heterocycles. The molecule has 0 aromatic heterocycles. The van der Waals surface area contributed by atoms with Gasteiger partial charge < -0.3 is 5.32 Å². The molecule has 0 unspecified atom stereocenters. The first-order valence-corrected chi connectivity index (χ1v) is 6.66. The topological polar surface area (TPSA) is 58.2 Å². The predicted molar refractivity (Wildman–Crippen MR) is 66.2 cm³/mol. The lowest BCUT2D eigenvalue weighted by atomic mass is 10.2. The molecule has 0 amide bonds. The van der Waals surface area contributed by atoms with Crippen molar-refractivity contribution in [2.45, 2.75) is 31.7 Å². The van der Waals surface area contributed by atoms with Gasteiger partial charge in [-0.05, 0) is 45.5 Å². The highest BCUT2D eigenvalue weighted by molar-refractivity contribution is 7.89. The fourth-order valence-electron chi connectivity index (χ4n) is 1.42. The lowest BCUT2D eigenvalue weighted by molar-refractivity contribution is 0.587. The highest BCUT2D eigenvalue weighted by Gasteiger charge is 2.14. The van der Waals surface area contributed by atoms with Crippen LogP contribution < -0.4 is 10.0 Å². The average Bonchev–Trinajstić information content (AvgIpc) is 2.20. The third kappa shape index (κ3) is 2.96. The van der Waals surface area contributed by atoms with Crippen molar-refractivity contribution in [3.8, 4) is 0 Å². The Morgan fingerprint density at radius 3 is 2.38 bits per heavy atom. The van der Waals surface area contributed by atoms with Crippen molar-refractivity contribution in [3.63, 3.8) is 0 Å². The minimum atomic E-state index is -3.38. The van der Waals surface area contributed by atoms with Crippen LogP contribution >= 0.6 is 0 Å². The zero-order chi connectivity index (χ0) is 12.3. The summed E-state index contributed by atoms with van der Waals surface area (Å²) in [7, 11) is -1.96.